The van der Waals surface area contributed by atoms with E-state index in [9.17, 15) is 34.8 Å². The highest BCUT2D eigenvalue weighted by atomic mass is 16.7. The Morgan fingerprint density at radius 3 is 2.23 bits per heavy atom. The molecule has 0 spiro atoms. The SMILES string of the molecule is CO[C@@H]1C(O[C@@H]2O[C@H](C)[C@@H](O[C@H]3C[C@@](C)(O)[C@@H](OC(=O)CC(C)C)[C@H](C)O3)[C@H](N(C)C)[C@H]2O)[C@@H](CCO)C[C@@H](C)[C@@H](O)CCC[C@@H](C)OC(=O)C[C@H]1OC(C)=O. The minimum absolute atomic E-state index is 0.0282. The molecule has 3 aliphatic heterocycles. The summed E-state index contributed by atoms with van der Waals surface area (Å²) >= 11 is 0. The third-order valence-electron chi connectivity index (χ3n) is 11.2. The lowest BCUT2D eigenvalue weighted by Crippen LogP contribution is -2.66. The van der Waals surface area contributed by atoms with Crippen LogP contribution in [0.25, 0.3) is 0 Å². The molecule has 3 saturated heterocycles. The maximum Gasteiger partial charge on any atom is 0.309 e. The predicted octanol–water partition coefficient (Wildman–Crippen LogP) is 2.47. The fraction of sp³-hybridized carbons (Fsp3) is 0.925. The third-order valence-corrected chi connectivity index (χ3v) is 11.2. The summed E-state index contributed by atoms with van der Waals surface area (Å²) in [7, 11) is 4.93. The molecule has 1 unspecified atom stereocenters. The van der Waals surface area contributed by atoms with Crippen molar-refractivity contribution in [1.82, 2.24) is 4.90 Å². The Morgan fingerprint density at radius 2 is 1.66 bits per heavy atom. The van der Waals surface area contributed by atoms with Gasteiger partial charge >= 0.3 is 17.9 Å². The summed E-state index contributed by atoms with van der Waals surface area (Å²) in [5, 5.41) is 44.9. The summed E-state index contributed by atoms with van der Waals surface area (Å²) in [4.78, 5) is 39.9. The lowest BCUT2D eigenvalue weighted by atomic mass is 9.81. The molecule has 0 saturated carbocycles. The van der Waals surface area contributed by atoms with Gasteiger partial charge in [0.05, 0.1) is 43.0 Å². The third kappa shape index (κ3) is 13.5. The minimum Gasteiger partial charge on any atom is -0.463 e. The molecule has 326 valence electrons. The maximum absolute atomic E-state index is 13.2. The van der Waals surface area contributed by atoms with Crippen LogP contribution in [0.3, 0.4) is 0 Å². The Hall–Kier alpha value is -1.99. The molecule has 0 radical (unpaired) electrons. The number of nitrogens with zero attached hydrogens (tertiary/aromatic N) is 1. The fourth-order valence-corrected chi connectivity index (χ4v) is 8.38. The molecule has 3 rings (SSSR count). The highest BCUT2D eigenvalue weighted by Gasteiger charge is 2.53. The van der Waals surface area contributed by atoms with Crippen LogP contribution in [0, 0.1) is 17.8 Å². The first kappa shape index (κ1) is 48.4. The first-order valence-electron chi connectivity index (χ1n) is 20.2. The van der Waals surface area contributed by atoms with Crippen LogP contribution in [0.4, 0.5) is 0 Å². The quantitative estimate of drug-likeness (QED) is 0.165. The first-order valence-corrected chi connectivity index (χ1v) is 20.2. The Morgan fingerprint density at radius 1 is 0.982 bits per heavy atom. The lowest BCUT2D eigenvalue weighted by Gasteiger charge is -2.50. The molecule has 4 N–H and O–H groups in total. The van der Waals surface area contributed by atoms with Crippen LogP contribution in [0.5, 0.6) is 0 Å². The van der Waals surface area contributed by atoms with Gasteiger partial charge in [0.2, 0.25) is 0 Å². The number of hydrogen-bond acceptors (Lipinski definition) is 16. The fourth-order valence-electron chi connectivity index (χ4n) is 8.38. The van der Waals surface area contributed by atoms with Crippen molar-refractivity contribution in [3.8, 4) is 0 Å². The van der Waals surface area contributed by atoms with Gasteiger partial charge in [-0.05, 0) is 91.6 Å². The molecule has 0 bridgehead atoms. The summed E-state index contributed by atoms with van der Waals surface area (Å²) in [6.45, 7) is 13.5. The van der Waals surface area contributed by atoms with Crippen LogP contribution in [0.1, 0.15) is 107 Å². The van der Waals surface area contributed by atoms with Crippen molar-refractivity contribution in [3.05, 3.63) is 0 Å². The van der Waals surface area contributed by atoms with Crippen LogP contribution in [-0.2, 0) is 52.3 Å². The van der Waals surface area contributed by atoms with Crippen LogP contribution in [0.15, 0.2) is 0 Å². The van der Waals surface area contributed by atoms with Crippen molar-refractivity contribution in [2.75, 3.05) is 27.8 Å². The normalized spacial score (nSPS) is 40.8. The molecule has 16 heteroatoms. The number of likely N-dealkylation sites (N-methyl/N-ethyl adjacent to an activating group) is 1. The number of esters is 3. The zero-order valence-electron chi connectivity index (χ0n) is 35.3. The largest absolute Gasteiger partial charge is 0.463 e. The second kappa shape index (κ2) is 21.9. The molecule has 0 aromatic heterocycles. The summed E-state index contributed by atoms with van der Waals surface area (Å²) < 4.78 is 48.7. The molecular formula is C40H71NO15. The average Bonchev–Trinajstić information content (AvgIpc) is 3.06. The van der Waals surface area contributed by atoms with Gasteiger partial charge in [0, 0.05) is 33.5 Å². The van der Waals surface area contributed by atoms with E-state index in [1.165, 1.54) is 14.0 Å². The van der Waals surface area contributed by atoms with Crippen molar-refractivity contribution in [2.24, 2.45) is 17.8 Å². The summed E-state index contributed by atoms with van der Waals surface area (Å²) in [5.41, 5.74) is -1.48. The highest BCUT2D eigenvalue weighted by molar-refractivity contribution is 5.72. The topological polar surface area (TPSA) is 209 Å². The van der Waals surface area contributed by atoms with Crippen molar-refractivity contribution < 1.29 is 72.7 Å². The second-order valence-electron chi connectivity index (χ2n) is 17.0. The lowest BCUT2D eigenvalue weighted by molar-refractivity contribution is -0.344. The molecule has 16 atom stereocenters. The number of ether oxygens (including phenoxy) is 8. The number of carbonyl (C=O) groups excluding carboxylic acids is 3. The molecule has 3 fully saturated rings. The average molecular weight is 806 g/mol. The van der Waals surface area contributed by atoms with Crippen LogP contribution in [-0.4, -0.2) is 156 Å². The van der Waals surface area contributed by atoms with Gasteiger partial charge in [0.1, 0.15) is 30.0 Å². The van der Waals surface area contributed by atoms with Gasteiger partial charge in [-0.15, -0.1) is 0 Å². The molecule has 3 aliphatic rings. The molecule has 0 aromatic rings. The van der Waals surface area contributed by atoms with Gasteiger partial charge in [-0.25, -0.2) is 0 Å². The Bertz CT molecular complexity index is 1230. The van der Waals surface area contributed by atoms with Gasteiger partial charge in [-0.3, -0.25) is 14.4 Å². The number of aliphatic hydroxyl groups excluding tert-OH is 3. The summed E-state index contributed by atoms with van der Waals surface area (Å²) in [5.74, 6) is -2.39. The molecule has 56 heavy (non-hydrogen) atoms. The number of rotatable bonds is 12. The first-order chi connectivity index (χ1) is 26.2. The number of aliphatic hydroxyl groups is 4. The van der Waals surface area contributed by atoms with Crippen molar-refractivity contribution >= 4 is 17.9 Å². The second-order valence-corrected chi connectivity index (χ2v) is 17.0. The Balaban J connectivity index is 1.94. The number of hydrogen-bond donors (Lipinski definition) is 4. The van der Waals surface area contributed by atoms with Gasteiger partial charge in [0.25, 0.3) is 0 Å². The van der Waals surface area contributed by atoms with Crippen LogP contribution in [0.2, 0.25) is 0 Å². The van der Waals surface area contributed by atoms with E-state index in [4.69, 9.17) is 37.9 Å². The van der Waals surface area contributed by atoms with Crippen LogP contribution >= 0.6 is 0 Å². The van der Waals surface area contributed by atoms with Crippen molar-refractivity contribution in [1.29, 1.82) is 0 Å². The Labute approximate surface area is 332 Å². The molecule has 0 aromatic carbocycles. The maximum atomic E-state index is 13.2. The number of cyclic esters (lactones) is 1. The molecule has 16 nitrogen and oxygen atoms in total. The van der Waals surface area contributed by atoms with E-state index in [1.807, 2.05) is 20.8 Å². The van der Waals surface area contributed by atoms with Gasteiger partial charge in [0.15, 0.2) is 18.7 Å². The van der Waals surface area contributed by atoms with Crippen molar-refractivity contribution in [2.45, 2.75) is 192 Å². The predicted molar refractivity (Wildman–Crippen MR) is 202 cm³/mol. The molecule has 0 amide bonds. The van der Waals surface area contributed by atoms with E-state index in [2.05, 4.69) is 0 Å². The van der Waals surface area contributed by atoms with E-state index in [0.717, 1.165) is 0 Å². The van der Waals surface area contributed by atoms with E-state index in [-0.39, 0.29) is 44.1 Å². The number of methoxy groups -OCH3 is 1. The smallest absolute Gasteiger partial charge is 0.309 e. The molecular weight excluding hydrogens is 734 g/mol. The van der Waals surface area contributed by atoms with Crippen molar-refractivity contribution in [3.63, 3.8) is 0 Å². The zero-order valence-corrected chi connectivity index (χ0v) is 35.3. The van der Waals surface area contributed by atoms with E-state index in [0.29, 0.717) is 25.7 Å². The summed E-state index contributed by atoms with van der Waals surface area (Å²) in [6, 6.07) is -0.744. The van der Waals surface area contributed by atoms with E-state index < -0.39 is 109 Å². The van der Waals surface area contributed by atoms with Gasteiger partial charge < -0.3 is 63.2 Å². The summed E-state index contributed by atoms with van der Waals surface area (Å²) in [6.07, 6.45) is -9.17. The van der Waals surface area contributed by atoms with E-state index >= 15 is 0 Å². The number of carbonyl (C=O) groups is 3. The van der Waals surface area contributed by atoms with Crippen LogP contribution < -0.4 is 0 Å². The standard InChI is InChI=1S/C40H71NO15/c1-21(2)17-30(45)54-38-25(6)51-32(20-40(38,8)48)55-35-24(5)52-39(34(47)33(35)41(9)10)56-36-27(15-16-42)18-22(3)28(44)14-12-13-23(4)50-31(46)19-29(37(36)49-11)53-26(7)43/h21-25,27-29,32-39,42,44,47-48H,12-20H2,1-11H3/t22-,23-,24-,25+,27+,28+,29-,32+,33-,34-,35-,36?,37+,38+,39+,40-/m1/s1. The van der Waals surface area contributed by atoms with E-state index in [1.54, 1.807) is 46.7 Å². The zero-order chi connectivity index (χ0) is 42.1. The van der Waals surface area contributed by atoms with Gasteiger partial charge in [-0.2, -0.15) is 0 Å². The Kier molecular flexibility index (Phi) is 18.9. The van der Waals surface area contributed by atoms with Gasteiger partial charge in [-0.1, -0.05) is 20.8 Å². The highest BCUT2D eigenvalue weighted by Crippen LogP contribution is 2.38. The minimum atomic E-state index is -1.48. The molecule has 0 aliphatic carbocycles. The molecule has 3 heterocycles. The monoisotopic (exact) mass is 805 g/mol.